The Morgan fingerprint density at radius 2 is 1.44 bits per heavy atom. The van der Waals surface area contributed by atoms with Gasteiger partial charge in [0, 0.05) is 5.92 Å². The van der Waals surface area contributed by atoms with Crippen molar-refractivity contribution in [1.29, 1.82) is 0 Å². The third-order valence-corrected chi connectivity index (χ3v) is 7.67. The smallest absolute Gasteiger partial charge is 0.239 e. The van der Waals surface area contributed by atoms with Gasteiger partial charge in [-0.1, -0.05) is 48.5 Å². The highest BCUT2D eigenvalue weighted by molar-refractivity contribution is 6.23. The number of anilines is 1. The molecule has 4 aliphatic rings. The Labute approximate surface area is 186 Å². The molecule has 0 aromatic heterocycles. The molecule has 3 atom stereocenters. The van der Waals surface area contributed by atoms with Crippen LogP contribution in [0.2, 0.25) is 0 Å². The molecule has 32 heavy (non-hydrogen) atoms. The molecule has 0 spiro atoms. The highest BCUT2D eigenvalue weighted by Gasteiger charge is 2.69. The number of ether oxygens (including phenoxy) is 1. The Morgan fingerprint density at radius 3 is 1.97 bits per heavy atom. The number of benzene rings is 3. The van der Waals surface area contributed by atoms with Crippen LogP contribution in [0, 0.1) is 11.8 Å². The third-order valence-electron chi connectivity index (χ3n) is 7.67. The van der Waals surface area contributed by atoms with E-state index >= 15 is 0 Å². The molecule has 3 aliphatic carbocycles. The minimum atomic E-state index is -0.972. The molecule has 1 fully saturated rings. The number of methoxy groups -OCH3 is 1. The van der Waals surface area contributed by atoms with Crippen molar-refractivity contribution in [1.82, 2.24) is 0 Å². The Kier molecular flexibility index (Phi) is 3.93. The molecule has 1 saturated heterocycles. The minimum absolute atomic E-state index is 0.204. The molecule has 3 aromatic carbocycles. The first-order chi connectivity index (χ1) is 15.5. The van der Waals surface area contributed by atoms with Gasteiger partial charge in [0.2, 0.25) is 11.8 Å². The molecule has 1 N–H and O–H groups in total. The number of carbonyl (C=O) groups is 2. The van der Waals surface area contributed by atoms with Gasteiger partial charge in [0.05, 0.1) is 36.2 Å². The van der Waals surface area contributed by atoms with Gasteiger partial charge >= 0.3 is 0 Å². The highest BCUT2D eigenvalue weighted by atomic mass is 16.5. The van der Waals surface area contributed by atoms with E-state index in [-0.39, 0.29) is 17.7 Å². The molecule has 1 aliphatic heterocycles. The fourth-order valence-electron chi connectivity index (χ4n) is 6.53. The molecule has 0 radical (unpaired) electrons. The van der Waals surface area contributed by atoms with Crippen molar-refractivity contribution in [2.75, 3.05) is 12.0 Å². The molecule has 7 rings (SSSR count). The van der Waals surface area contributed by atoms with Crippen LogP contribution in [0.5, 0.6) is 5.75 Å². The molecule has 2 bridgehead atoms. The van der Waals surface area contributed by atoms with Crippen LogP contribution in [-0.4, -0.2) is 30.1 Å². The number of rotatable bonds is 3. The lowest BCUT2D eigenvalue weighted by molar-refractivity contribution is -0.126. The van der Waals surface area contributed by atoms with Gasteiger partial charge < -0.3 is 9.84 Å². The topological polar surface area (TPSA) is 66.8 Å². The van der Waals surface area contributed by atoms with Crippen molar-refractivity contribution in [3.8, 4) is 5.75 Å². The molecule has 1 heterocycles. The van der Waals surface area contributed by atoms with Crippen molar-refractivity contribution >= 4 is 17.5 Å². The largest absolute Gasteiger partial charge is 0.497 e. The average Bonchev–Trinajstić information content (AvgIpc) is 3.09. The number of aliphatic hydroxyl groups is 1. The fraction of sp³-hybridized carbons (Fsp3) is 0.259. The summed E-state index contributed by atoms with van der Waals surface area (Å²) in [6.45, 7) is 1.74. The summed E-state index contributed by atoms with van der Waals surface area (Å²) >= 11 is 0. The molecule has 2 amide bonds. The van der Waals surface area contributed by atoms with Gasteiger partial charge in [-0.2, -0.15) is 0 Å². The summed E-state index contributed by atoms with van der Waals surface area (Å²) in [5.74, 6) is -1.22. The van der Waals surface area contributed by atoms with Crippen LogP contribution in [0.1, 0.15) is 35.1 Å². The van der Waals surface area contributed by atoms with E-state index in [2.05, 4.69) is 0 Å². The van der Waals surface area contributed by atoms with Crippen LogP contribution in [-0.2, 0) is 15.0 Å². The summed E-state index contributed by atoms with van der Waals surface area (Å²) in [4.78, 5) is 29.2. The maximum Gasteiger partial charge on any atom is 0.239 e. The van der Waals surface area contributed by atoms with Gasteiger partial charge in [0.15, 0.2) is 0 Å². The summed E-state index contributed by atoms with van der Waals surface area (Å²) in [6, 6.07) is 22.9. The monoisotopic (exact) mass is 425 g/mol. The van der Waals surface area contributed by atoms with Crippen molar-refractivity contribution < 1.29 is 19.4 Å². The standard InChI is InChI=1S/C27H23NO4/c1-15(29)27-20-9-5-3-7-18(20)22(19-8-4-6-10-21(19)27)23-24(27)26(31)28(25(23)30)16-11-13-17(32-2)14-12-16/h3-15,22-24,29H,1-2H3/t15-,22?,23-,24+,27?/m0/s1. The van der Waals surface area contributed by atoms with Gasteiger partial charge in [0.25, 0.3) is 0 Å². The van der Waals surface area contributed by atoms with Crippen molar-refractivity contribution in [2.45, 2.75) is 24.4 Å². The number of aliphatic hydroxyl groups excluding tert-OH is 1. The van der Waals surface area contributed by atoms with Crippen LogP contribution >= 0.6 is 0 Å². The zero-order valence-electron chi connectivity index (χ0n) is 17.9. The zero-order valence-corrected chi connectivity index (χ0v) is 17.9. The number of amides is 2. The lowest BCUT2D eigenvalue weighted by Gasteiger charge is -2.55. The van der Waals surface area contributed by atoms with Crippen molar-refractivity contribution in [2.24, 2.45) is 11.8 Å². The molecular formula is C27H23NO4. The molecule has 5 heteroatoms. The van der Waals surface area contributed by atoms with E-state index in [4.69, 9.17) is 4.74 Å². The van der Waals surface area contributed by atoms with Crippen molar-refractivity contribution in [3.63, 3.8) is 0 Å². The second-order valence-corrected chi connectivity index (χ2v) is 8.91. The van der Waals surface area contributed by atoms with Crippen LogP contribution in [0.25, 0.3) is 0 Å². The molecule has 3 aromatic rings. The summed E-state index contributed by atoms with van der Waals surface area (Å²) in [5.41, 5.74) is 3.54. The molecule has 0 unspecified atom stereocenters. The first-order valence-corrected chi connectivity index (χ1v) is 10.9. The predicted molar refractivity (Wildman–Crippen MR) is 120 cm³/mol. The minimum Gasteiger partial charge on any atom is -0.497 e. The highest BCUT2D eigenvalue weighted by Crippen LogP contribution is 2.65. The summed E-state index contributed by atoms with van der Waals surface area (Å²) in [7, 11) is 1.58. The van der Waals surface area contributed by atoms with Gasteiger partial charge in [0.1, 0.15) is 5.75 Å². The normalized spacial score (nSPS) is 28.2. The summed E-state index contributed by atoms with van der Waals surface area (Å²) in [6.07, 6.45) is -0.855. The van der Waals surface area contributed by atoms with Crippen LogP contribution in [0.3, 0.4) is 0 Å². The Balaban J connectivity index is 1.62. The van der Waals surface area contributed by atoms with Crippen molar-refractivity contribution in [3.05, 3.63) is 95.1 Å². The number of hydrogen-bond acceptors (Lipinski definition) is 4. The third kappa shape index (κ3) is 2.12. The molecule has 160 valence electrons. The maximum absolute atomic E-state index is 14.0. The van der Waals surface area contributed by atoms with E-state index in [0.717, 1.165) is 22.3 Å². The van der Waals surface area contributed by atoms with E-state index < -0.39 is 23.4 Å². The number of nitrogens with zero attached hydrogens (tertiary/aromatic N) is 1. The number of imide groups is 1. The predicted octanol–water partition coefficient (Wildman–Crippen LogP) is 3.63. The lowest BCUT2D eigenvalue weighted by Crippen LogP contribution is -2.58. The fourth-order valence-corrected chi connectivity index (χ4v) is 6.53. The van der Waals surface area contributed by atoms with E-state index in [0.29, 0.717) is 11.4 Å². The van der Waals surface area contributed by atoms with Gasteiger partial charge in [-0.3, -0.25) is 9.59 Å². The molecular weight excluding hydrogens is 402 g/mol. The van der Waals surface area contributed by atoms with Gasteiger partial charge in [-0.25, -0.2) is 4.90 Å². The first-order valence-electron chi connectivity index (χ1n) is 10.9. The van der Waals surface area contributed by atoms with Crippen LogP contribution < -0.4 is 9.64 Å². The summed E-state index contributed by atoms with van der Waals surface area (Å²) in [5, 5.41) is 11.3. The van der Waals surface area contributed by atoms with Crippen LogP contribution in [0.4, 0.5) is 5.69 Å². The van der Waals surface area contributed by atoms with Gasteiger partial charge in [-0.05, 0) is 53.4 Å². The Bertz CT molecular complexity index is 1220. The van der Waals surface area contributed by atoms with E-state index in [9.17, 15) is 14.7 Å². The lowest BCUT2D eigenvalue weighted by atomic mass is 9.46. The first kappa shape index (κ1) is 19.3. The average molecular weight is 425 g/mol. The Hall–Kier alpha value is -3.44. The molecule has 0 saturated carbocycles. The Morgan fingerprint density at radius 1 is 0.875 bits per heavy atom. The SMILES string of the molecule is COc1ccc(N2C(=O)[C@H]3C4c5ccccc5C([C@H](C)O)(c5ccccc54)[C@H]3C2=O)cc1. The number of hydrogen-bond donors (Lipinski definition) is 1. The zero-order chi connectivity index (χ0) is 22.2. The maximum atomic E-state index is 14.0. The molecule has 5 nitrogen and oxygen atoms in total. The quantitative estimate of drug-likeness (QED) is 0.651. The second-order valence-electron chi connectivity index (χ2n) is 8.91. The van der Waals surface area contributed by atoms with Crippen LogP contribution in [0.15, 0.2) is 72.8 Å². The van der Waals surface area contributed by atoms with E-state index in [1.54, 1.807) is 38.3 Å². The van der Waals surface area contributed by atoms with E-state index in [1.807, 2.05) is 48.5 Å². The summed E-state index contributed by atoms with van der Waals surface area (Å²) < 4.78 is 5.23. The van der Waals surface area contributed by atoms with Gasteiger partial charge in [-0.15, -0.1) is 0 Å². The van der Waals surface area contributed by atoms with E-state index in [1.165, 1.54) is 4.90 Å². The second kappa shape index (κ2) is 6.53. The number of carbonyl (C=O) groups excluding carboxylic acids is 2.